The third-order valence-corrected chi connectivity index (χ3v) is 20.4. The Kier molecular flexibility index (Phi) is 17.4. The fourth-order valence-electron chi connectivity index (χ4n) is 15.8. The Balaban J connectivity index is 1.09. The Hall–Kier alpha value is -3.06. The molecule has 4 saturated carbocycles. The highest BCUT2D eigenvalue weighted by atomic mass is 16.8. The second kappa shape index (κ2) is 22.3. The summed E-state index contributed by atoms with van der Waals surface area (Å²) in [6.45, 7) is 12.5. The van der Waals surface area contributed by atoms with E-state index in [4.69, 9.17) is 37.9 Å². The van der Waals surface area contributed by atoms with Crippen molar-refractivity contribution < 1.29 is 123 Å². The predicted molar refractivity (Wildman–Crippen MR) is 261 cm³/mol. The van der Waals surface area contributed by atoms with Crippen molar-refractivity contribution >= 4 is 23.9 Å². The van der Waals surface area contributed by atoms with E-state index in [1.54, 1.807) is 0 Å². The van der Waals surface area contributed by atoms with Crippen LogP contribution in [-0.2, 0) is 57.1 Å². The summed E-state index contributed by atoms with van der Waals surface area (Å²) in [7, 11) is 0. The van der Waals surface area contributed by atoms with Gasteiger partial charge in [0.05, 0.1) is 24.7 Å². The zero-order valence-electron chi connectivity index (χ0n) is 45.1. The van der Waals surface area contributed by atoms with Crippen molar-refractivity contribution in [2.24, 2.45) is 50.2 Å². The molecule has 8 rings (SSSR count). The number of rotatable bonds is 16. The van der Waals surface area contributed by atoms with Gasteiger partial charge in [-0.25, -0.2) is 14.4 Å². The third-order valence-electron chi connectivity index (χ3n) is 20.4. The van der Waals surface area contributed by atoms with Crippen molar-refractivity contribution in [3.63, 3.8) is 0 Å². The number of hydrogen-bond acceptors (Lipinski definition) is 22. The highest BCUT2D eigenvalue weighted by Gasteiger charge is 2.70. The summed E-state index contributed by atoms with van der Waals surface area (Å²) in [6, 6.07) is 0. The number of allylic oxidation sites excluding steroid dienone is 2. The molecule has 0 bridgehead atoms. The van der Waals surface area contributed by atoms with Crippen molar-refractivity contribution in [3.05, 3.63) is 11.6 Å². The van der Waals surface area contributed by atoms with Gasteiger partial charge in [0.25, 0.3) is 0 Å². The number of ether oxygens (including phenoxy) is 8. The molecular formula is C53H82O25. The van der Waals surface area contributed by atoms with Gasteiger partial charge in [0.1, 0.15) is 73.8 Å². The Bertz CT molecular complexity index is 2240. The molecule has 444 valence electrons. The Labute approximate surface area is 451 Å². The molecule has 0 aromatic heterocycles. The van der Waals surface area contributed by atoms with E-state index in [9.17, 15) is 85.6 Å². The molecule has 0 aromatic rings. The molecular weight excluding hydrogens is 1040 g/mol. The third kappa shape index (κ3) is 10.4. The highest BCUT2D eigenvalue weighted by Crippen LogP contribution is 2.76. The molecule has 8 aliphatic rings. The van der Waals surface area contributed by atoms with Crippen molar-refractivity contribution in [3.8, 4) is 0 Å². The van der Waals surface area contributed by atoms with Gasteiger partial charge >= 0.3 is 23.9 Å². The summed E-state index contributed by atoms with van der Waals surface area (Å²) in [5.74, 6) is -6.13. The molecule has 25 atom stereocenters. The highest BCUT2D eigenvalue weighted by molar-refractivity contribution is 5.79. The van der Waals surface area contributed by atoms with Crippen LogP contribution in [0.25, 0.3) is 0 Å². The molecule has 4 unspecified atom stereocenters. The molecule has 3 saturated heterocycles. The van der Waals surface area contributed by atoms with Gasteiger partial charge in [-0.1, -0.05) is 60.1 Å². The van der Waals surface area contributed by atoms with Crippen LogP contribution in [-0.4, -0.2) is 221 Å². The summed E-state index contributed by atoms with van der Waals surface area (Å²) in [5, 5.41) is 136. The maximum atomic E-state index is 14.8. The lowest BCUT2D eigenvalue weighted by molar-refractivity contribution is -0.387. The summed E-state index contributed by atoms with van der Waals surface area (Å²) < 4.78 is 47.0. The molecule has 0 radical (unpaired) electrons. The van der Waals surface area contributed by atoms with Crippen LogP contribution in [0, 0.1) is 50.2 Å². The summed E-state index contributed by atoms with van der Waals surface area (Å²) >= 11 is 0. The number of aliphatic hydroxyl groups excluding tert-OH is 10. The first-order valence-electron chi connectivity index (χ1n) is 27.1. The average Bonchev–Trinajstić information content (AvgIpc) is 3.35. The van der Waals surface area contributed by atoms with Gasteiger partial charge in [0.2, 0.25) is 12.4 Å². The number of carboxylic acids is 3. The monoisotopic (exact) mass is 1120 g/mol. The van der Waals surface area contributed by atoms with E-state index in [1.807, 2.05) is 13.8 Å². The molecule has 7 fully saturated rings. The van der Waals surface area contributed by atoms with E-state index < -0.39 is 171 Å². The van der Waals surface area contributed by atoms with Crippen LogP contribution in [0.2, 0.25) is 0 Å². The number of carboxylic acid groups (broad SMARTS) is 3. The SMILES string of the molecule is CC1(C)CC[C@]2(C(=O)O[C@@H]3O[C@H](CO)[C@@H](O)[C@H](O)[C@H]3O)CC[C@]3(C)C(=CCC4[C@@]5(C)CC[C@H](O[C@@H]6O[C@H](C(=O)O)[C@@H](O)[C@H](OC(OCC(=O)O)C(O)C(=O)O)[C@H]6O[C@@H]6O[C@H](CO)[C@@H](O)[C@H](O)[C@H]6O)C(C)(C)C5CC[C@]43C)[C@@H]2C1. The maximum absolute atomic E-state index is 14.8. The van der Waals surface area contributed by atoms with Crippen molar-refractivity contribution in [1.29, 1.82) is 0 Å². The van der Waals surface area contributed by atoms with Crippen molar-refractivity contribution in [2.45, 2.75) is 223 Å². The minimum absolute atomic E-state index is 0.0778. The number of carbonyl (C=O) groups excluding carboxylic acids is 1. The van der Waals surface area contributed by atoms with Crippen LogP contribution in [0.1, 0.15) is 113 Å². The number of aliphatic hydroxyl groups is 10. The Morgan fingerprint density at radius 2 is 1.27 bits per heavy atom. The number of fused-ring (bicyclic) bond motifs is 7. The Morgan fingerprint density at radius 3 is 1.86 bits per heavy atom. The predicted octanol–water partition coefficient (Wildman–Crippen LogP) is -0.870. The molecule has 5 aliphatic carbocycles. The fraction of sp³-hybridized carbons (Fsp3) is 0.887. The molecule has 25 nitrogen and oxygen atoms in total. The molecule has 0 amide bonds. The number of esters is 1. The van der Waals surface area contributed by atoms with Gasteiger partial charge in [0, 0.05) is 0 Å². The normalized spacial score (nSPS) is 47.6. The van der Waals surface area contributed by atoms with E-state index in [1.165, 1.54) is 5.57 Å². The maximum Gasteiger partial charge on any atom is 0.337 e. The van der Waals surface area contributed by atoms with Gasteiger partial charge in [-0.3, -0.25) is 4.79 Å². The second-order valence-corrected chi connectivity index (χ2v) is 25.5. The lowest BCUT2D eigenvalue weighted by Crippen LogP contribution is -2.68. The van der Waals surface area contributed by atoms with Gasteiger partial charge in [0.15, 0.2) is 25.0 Å². The Morgan fingerprint density at radius 1 is 0.667 bits per heavy atom. The van der Waals surface area contributed by atoms with Gasteiger partial charge < -0.3 is 104 Å². The van der Waals surface area contributed by atoms with Gasteiger partial charge in [-0.05, 0) is 109 Å². The van der Waals surface area contributed by atoms with Crippen LogP contribution in [0.4, 0.5) is 0 Å². The van der Waals surface area contributed by atoms with E-state index in [0.29, 0.717) is 51.4 Å². The van der Waals surface area contributed by atoms with Crippen molar-refractivity contribution in [1.82, 2.24) is 0 Å². The molecule has 78 heavy (non-hydrogen) atoms. The zero-order valence-corrected chi connectivity index (χ0v) is 45.1. The van der Waals surface area contributed by atoms with Crippen LogP contribution < -0.4 is 0 Å². The van der Waals surface area contributed by atoms with Gasteiger partial charge in [-0.2, -0.15) is 0 Å². The molecule has 3 aliphatic heterocycles. The number of aliphatic carboxylic acids is 3. The van der Waals surface area contributed by atoms with E-state index >= 15 is 0 Å². The fourth-order valence-corrected chi connectivity index (χ4v) is 15.8. The second-order valence-electron chi connectivity index (χ2n) is 25.5. The summed E-state index contributed by atoms with van der Waals surface area (Å²) in [5.41, 5.74) is -1.80. The standard InChI is InChI=1S/C53H82O25/c1-48(2)14-16-53(47(70)78-45-35(63)33(61)31(59)25(20-55)73-45)17-15-51(6)22(23(53)18-48)8-9-27-50(5)12-11-28(49(3,4)26(50)10-13-52(27,51)7)74-46-40(77-44-34(62)32(60)30(58)24(19-54)72-44)38(36(64)39(76-46)42(68)69)75-43(37(65)41(66)67)71-21-29(56)57/h8,23-28,30-40,43-46,54-55,58-65H,9-21H2,1-7H3,(H,56,57)(H,66,67)(H,68,69)/t23-,24+,25+,26?,27?,28-,30+,31+,32-,33-,34+,35+,36-,37?,38-,39-,40+,43?,44-,45-,46+,50-,51+,52+,53-/m0/s1. The van der Waals surface area contributed by atoms with E-state index in [-0.39, 0.29) is 34.0 Å². The average molecular weight is 1120 g/mol. The minimum Gasteiger partial charge on any atom is -0.480 e. The lowest BCUT2D eigenvalue weighted by atomic mass is 9.33. The molecule has 3 heterocycles. The molecule has 0 spiro atoms. The van der Waals surface area contributed by atoms with E-state index in [2.05, 4.69) is 40.7 Å². The lowest BCUT2D eigenvalue weighted by Gasteiger charge is -2.71. The number of carbonyl (C=O) groups is 4. The summed E-state index contributed by atoms with van der Waals surface area (Å²) in [4.78, 5) is 51.2. The summed E-state index contributed by atoms with van der Waals surface area (Å²) in [6.07, 6.45) is -25.4. The first kappa shape index (κ1) is 61.0. The smallest absolute Gasteiger partial charge is 0.337 e. The van der Waals surface area contributed by atoms with Gasteiger partial charge in [-0.15, -0.1) is 0 Å². The first-order chi connectivity index (χ1) is 36.3. The topological polar surface area (TPSA) is 405 Å². The zero-order chi connectivity index (χ0) is 57.6. The van der Waals surface area contributed by atoms with Crippen LogP contribution in [0.15, 0.2) is 11.6 Å². The molecule has 0 aromatic carbocycles. The molecule has 25 heteroatoms. The van der Waals surface area contributed by atoms with Crippen LogP contribution in [0.5, 0.6) is 0 Å². The first-order valence-corrected chi connectivity index (χ1v) is 27.1. The minimum atomic E-state index is -2.62. The van der Waals surface area contributed by atoms with Crippen molar-refractivity contribution in [2.75, 3.05) is 19.8 Å². The largest absolute Gasteiger partial charge is 0.480 e. The van der Waals surface area contributed by atoms with Crippen LogP contribution >= 0.6 is 0 Å². The van der Waals surface area contributed by atoms with Crippen LogP contribution in [0.3, 0.4) is 0 Å². The molecule has 13 N–H and O–H groups in total. The van der Waals surface area contributed by atoms with E-state index in [0.717, 1.165) is 12.8 Å². The number of hydrogen-bond donors (Lipinski definition) is 13. The quantitative estimate of drug-likeness (QED) is 0.0387.